The number of hydrogen-bond acceptors (Lipinski definition) is 3. The van der Waals surface area contributed by atoms with E-state index in [2.05, 4.69) is 69.6 Å². The standard InChI is InChI=1S/C12H13BrN2S/c1-14-9-3-5-10(6-4-9)15(2)12-8-7-11(13)16-12/h3-8,14H,1-2H3. The average molecular weight is 297 g/mol. The molecule has 1 aromatic carbocycles. The molecule has 2 nitrogen and oxygen atoms in total. The van der Waals surface area contributed by atoms with Crippen LogP contribution >= 0.6 is 27.3 Å². The number of thiophene rings is 1. The van der Waals surface area contributed by atoms with Gasteiger partial charge < -0.3 is 10.2 Å². The number of hydrogen-bond donors (Lipinski definition) is 1. The SMILES string of the molecule is CNc1ccc(N(C)c2ccc(Br)s2)cc1. The molecule has 0 saturated heterocycles. The molecule has 1 heterocycles. The van der Waals surface area contributed by atoms with Gasteiger partial charge in [-0.3, -0.25) is 0 Å². The van der Waals surface area contributed by atoms with Crippen LogP contribution in [0.15, 0.2) is 40.2 Å². The molecule has 1 aromatic heterocycles. The summed E-state index contributed by atoms with van der Waals surface area (Å²) < 4.78 is 1.15. The third kappa shape index (κ3) is 2.39. The first kappa shape index (κ1) is 11.5. The molecule has 2 aromatic rings. The van der Waals surface area contributed by atoms with Gasteiger partial charge in [0.2, 0.25) is 0 Å². The number of anilines is 3. The fourth-order valence-electron chi connectivity index (χ4n) is 1.46. The van der Waals surface area contributed by atoms with Crippen molar-refractivity contribution in [3.63, 3.8) is 0 Å². The van der Waals surface area contributed by atoms with E-state index in [0.717, 1.165) is 9.47 Å². The Labute approximate surface area is 108 Å². The van der Waals surface area contributed by atoms with Crippen molar-refractivity contribution in [3.05, 3.63) is 40.2 Å². The first-order valence-corrected chi connectivity index (χ1v) is 6.58. The van der Waals surface area contributed by atoms with E-state index >= 15 is 0 Å². The summed E-state index contributed by atoms with van der Waals surface area (Å²) in [6.45, 7) is 0. The molecule has 0 aliphatic heterocycles. The molecule has 0 spiro atoms. The Kier molecular flexibility index (Phi) is 3.51. The van der Waals surface area contributed by atoms with Crippen molar-refractivity contribution >= 4 is 43.6 Å². The van der Waals surface area contributed by atoms with Crippen molar-refractivity contribution in [2.24, 2.45) is 0 Å². The van der Waals surface area contributed by atoms with Crippen LogP contribution in [0.25, 0.3) is 0 Å². The molecule has 0 radical (unpaired) electrons. The second-order valence-corrected chi connectivity index (χ2v) is 5.88. The first-order valence-electron chi connectivity index (χ1n) is 4.97. The van der Waals surface area contributed by atoms with E-state index in [-0.39, 0.29) is 0 Å². The Morgan fingerprint density at radius 3 is 2.31 bits per heavy atom. The Hall–Kier alpha value is -1.00. The van der Waals surface area contributed by atoms with Crippen molar-refractivity contribution in [1.82, 2.24) is 0 Å². The molecule has 0 unspecified atom stereocenters. The monoisotopic (exact) mass is 296 g/mol. The third-order valence-corrected chi connectivity index (χ3v) is 4.13. The molecule has 0 atom stereocenters. The van der Waals surface area contributed by atoms with Gasteiger partial charge in [0.15, 0.2) is 0 Å². The van der Waals surface area contributed by atoms with Gasteiger partial charge in [-0.1, -0.05) is 0 Å². The summed E-state index contributed by atoms with van der Waals surface area (Å²) in [6.07, 6.45) is 0. The van der Waals surface area contributed by atoms with E-state index < -0.39 is 0 Å². The van der Waals surface area contributed by atoms with Gasteiger partial charge in [0.1, 0.15) is 0 Å². The fraction of sp³-hybridized carbons (Fsp3) is 0.167. The second-order valence-electron chi connectivity index (χ2n) is 3.43. The number of halogens is 1. The highest BCUT2D eigenvalue weighted by Gasteiger charge is 2.05. The molecule has 0 aliphatic carbocycles. The summed E-state index contributed by atoms with van der Waals surface area (Å²) in [4.78, 5) is 2.18. The molecular formula is C12H13BrN2S. The van der Waals surface area contributed by atoms with Crippen molar-refractivity contribution < 1.29 is 0 Å². The second kappa shape index (κ2) is 4.89. The van der Waals surface area contributed by atoms with Gasteiger partial charge in [-0.05, 0) is 52.3 Å². The van der Waals surface area contributed by atoms with E-state index in [4.69, 9.17) is 0 Å². The van der Waals surface area contributed by atoms with Gasteiger partial charge in [-0.2, -0.15) is 0 Å². The van der Waals surface area contributed by atoms with Crippen molar-refractivity contribution in [1.29, 1.82) is 0 Å². The van der Waals surface area contributed by atoms with E-state index in [9.17, 15) is 0 Å². The summed E-state index contributed by atoms with van der Waals surface area (Å²) in [5, 5.41) is 4.34. The molecule has 16 heavy (non-hydrogen) atoms. The van der Waals surface area contributed by atoms with Gasteiger partial charge in [0, 0.05) is 25.5 Å². The van der Waals surface area contributed by atoms with Crippen LogP contribution in [0.4, 0.5) is 16.4 Å². The van der Waals surface area contributed by atoms with Gasteiger partial charge in [0.25, 0.3) is 0 Å². The average Bonchev–Trinajstić information content (AvgIpc) is 2.75. The van der Waals surface area contributed by atoms with Gasteiger partial charge >= 0.3 is 0 Å². The molecule has 0 fully saturated rings. The lowest BCUT2D eigenvalue weighted by molar-refractivity contribution is 1.24. The highest BCUT2D eigenvalue weighted by atomic mass is 79.9. The Bertz CT molecular complexity index is 464. The maximum atomic E-state index is 3.48. The highest BCUT2D eigenvalue weighted by molar-refractivity contribution is 9.11. The molecule has 2 rings (SSSR count). The van der Waals surface area contributed by atoms with E-state index in [1.807, 2.05) is 7.05 Å². The Balaban J connectivity index is 2.23. The van der Waals surface area contributed by atoms with Crippen LogP contribution < -0.4 is 10.2 Å². The molecule has 0 aliphatic rings. The third-order valence-electron chi connectivity index (χ3n) is 2.43. The van der Waals surface area contributed by atoms with Crippen molar-refractivity contribution in [3.8, 4) is 0 Å². The van der Waals surface area contributed by atoms with Crippen LogP contribution in [-0.2, 0) is 0 Å². The lowest BCUT2D eigenvalue weighted by Gasteiger charge is -2.17. The first-order chi connectivity index (χ1) is 7.70. The molecule has 0 saturated carbocycles. The van der Waals surface area contributed by atoms with E-state index in [0.29, 0.717) is 0 Å². The predicted octanol–water partition coefficient (Wildman–Crippen LogP) is 4.32. The van der Waals surface area contributed by atoms with E-state index in [1.165, 1.54) is 10.7 Å². The summed E-state index contributed by atoms with van der Waals surface area (Å²) in [6, 6.07) is 12.6. The van der Waals surface area contributed by atoms with E-state index in [1.54, 1.807) is 11.3 Å². The lowest BCUT2D eigenvalue weighted by atomic mass is 10.2. The molecule has 84 valence electrons. The number of nitrogens with one attached hydrogen (secondary N) is 1. The van der Waals surface area contributed by atoms with Gasteiger partial charge in [-0.25, -0.2) is 0 Å². The summed E-state index contributed by atoms with van der Waals surface area (Å²) >= 11 is 5.21. The van der Waals surface area contributed by atoms with Crippen LogP contribution in [0.5, 0.6) is 0 Å². The fourth-order valence-corrected chi connectivity index (χ4v) is 2.81. The Morgan fingerprint density at radius 2 is 1.81 bits per heavy atom. The Morgan fingerprint density at radius 1 is 1.12 bits per heavy atom. The zero-order valence-corrected chi connectivity index (χ0v) is 11.6. The molecule has 0 bridgehead atoms. The lowest BCUT2D eigenvalue weighted by Crippen LogP contribution is -2.07. The summed E-state index contributed by atoms with van der Waals surface area (Å²) in [7, 11) is 4.00. The summed E-state index contributed by atoms with van der Waals surface area (Å²) in [5.74, 6) is 0. The quantitative estimate of drug-likeness (QED) is 0.907. The number of rotatable bonds is 3. The maximum absolute atomic E-state index is 3.48. The van der Waals surface area contributed by atoms with Crippen LogP contribution in [0.3, 0.4) is 0 Å². The maximum Gasteiger partial charge on any atom is 0.0962 e. The van der Waals surface area contributed by atoms with Gasteiger partial charge in [-0.15, -0.1) is 11.3 Å². The minimum atomic E-state index is 1.13. The minimum Gasteiger partial charge on any atom is -0.388 e. The van der Waals surface area contributed by atoms with Crippen LogP contribution in [0.1, 0.15) is 0 Å². The molecule has 1 N–H and O–H groups in total. The van der Waals surface area contributed by atoms with Gasteiger partial charge in [0.05, 0.1) is 8.79 Å². The zero-order chi connectivity index (χ0) is 11.5. The summed E-state index contributed by atoms with van der Waals surface area (Å²) in [5.41, 5.74) is 2.32. The largest absolute Gasteiger partial charge is 0.388 e. The van der Waals surface area contributed by atoms with Crippen LogP contribution in [-0.4, -0.2) is 14.1 Å². The van der Waals surface area contributed by atoms with Crippen molar-refractivity contribution in [2.75, 3.05) is 24.3 Å². The number of nitrogens with zero attached hydrogens (tertiary/aromatic N) is 1. The zero-order valence-electron chi connectivity index (χ0n) is 9.20. The van der Waals surface area contributed by atoms with Crippen molar-refractivity contribution in [2.45, 2.75) is 0 Å². The molecule has 0 amide bonds. The predicted molar refractivity (Wildman–Crippen MR) is 76.1 cm³/mol. The van der Waals surface area contributed by atoms with Crippen LogP contribution in [0.2, 0.25) is 0 Å². The van der Waals surface area contributed by atoms with Crippen LogP contribution in [0, 0.1) is 0 Å². The molecule has 4 heteroatoms. The topological polar surface area (TPSA) is 15.3 Å². The smallest absolute Gasteiger partial charge is 0.0962 e. The highest BCUT2D eigenvalue weighted by Crippen LogP contribution is 2.33. The number of benzene rings is 1. The minimum absolute atomic E-state index is 1.13. The normalized spacial score (nSPS) is 10.2. The molecular weight excluding hydrogens is 284 g/mol.